The minimum absolute atomic E-state index is 0.142. The fourth-order valence-corrected chi connectivity index (χ4v) is 4.46. The molecule has 0 saturated carbocycles. The number of hydrogen-bond acceptors (Lipinski definition) is 2. The van der Waals surface area contributed by atoms with Crippen LogP contribution in [-0.4, -0.2) is 28.9 Å². The van der Waals surface area contributed by atoms with Gasteiger partial charge in [0.25, 0.3) is 0 Å². The number of rotatable bonds is 0. The van der Waals surface area contributed by atoms with Crippen molar-refractivity contribution in [1.82, 2.24) is 9.88 Å². The lowest BCUT2D eigenvalue weighted by molar-refractivity contribution is -0.129. The minimum atomic E-state index is 0.142. The molecule has 0 bridgehead atoms. The summed E-state index contributed by atoms with van der Waals surface area (Å²) in [4.78, 5) is 18.3. The molecule has 0 unspecified atom stereocenters. The van der Waals surface area contributed by atoms with E-state index in [1.54, 1.807) is 13.1 Å². The van der Waals surface area contributed by atoms with Crippen molar-refractivity contribution in [2.45, 2.75) is 32.6 Å². The average Bonchev–Trinajstić information content (AvgIpc) is 2.79. The van der Waals surface area contributed by atoms with Gasteiger partial charge in [-0.2, -0.15) is 0 Å². The van der Waals surface area contributed by atoms with Crippen LogP contribution >= 0.6 is 23.2 Å². The lowest BCUT2D eigenvalue weighted by atomic mass is 9.88. The maximum Gasteiger partial charge on any atom is 0.219 e. The predicted molar refractivity (Wildman–Crippen MR) is 106 cm³/mol. The van der Waals surface area contributed by atoms with Crippen LogP contribution in [0.25, 0.3) is 5.57 Å². The second-order valence-corrected chi connectivity index (χ2v) is 7.75. The van der Waals surface area contributed by atoms with Gasteiger partial charge in [0, 0.05) is 41.8 Å². The highest BCUT2D eigenvalue weighted by molar-refractivity contribution is 6.31. The van der Waals surface area contributed by atoms with Gasteiger partial charge in [-0.05, 0) is 60.6 Å². The summed E-state index contributed by atoms with van der Waals surface area (Å²) in [6.07, 6.45) is 5.26. The van der Waals surface area contributed by atoms with E-state index in [1.807, 2.05) is 17.0 Å². The third kappa shape index (κ3) is 3.15. The summed E-state index contributed by atoms with van der Waals surface area (Å²) in [6, 6.07) is 7.97. The normalized spacial score (nSPS) is 16.8. The first-order valence-electron chi connectivity index (χ1n) is 8.94. The van der Waals surface area contributed by atoms with Crippen molar-refractivity contribution in [3.05, 3.63) is 68.5 Å². The van der Waals surface area contributed by atoms with Gasteiger partial charge in [-0.15, -0.1) is 0 Å². The van der Waals surface area contributed by atoms with Crippen LogP contribution in [0.1, 0.15) is 42.1 Å². The summed E-state index contributed by atoms with van der Waals surface area (Å²) < 4.78 is 0. The summed E-state index contributed by atoms with van der Waals surface area (Å²) in [5.41, 5.74) is 7.08. The van der Waals surface area contributed by atoms with Gasteiger partial charge in [-0.25, -0.2) is 0 Å². The quantitative estimate of drug-likeness (QED) is 0.642. The predicted octanol–water partition coefficient (Wildman–Crippen LogP) is 4.93. The smallest absolute Gasteiger partial charge is 0.219 e. The van der Waals surface area contributed by atoms with Crippen molar-refractivity contribution in [1.29, 1.82) is 0 Å². The Morgan fingerprint density at radius 2 is 1.85 bits per heavy atom. The van der Waals surface area contributed by atoms with Crippen LogP contribution in [0.3, 0.4) is 0 Å². The molecule has 26 heavy (non-hydrogen) atoms. The molecule has 1 aromatic carbocycles. The maximum absolute atomic E-state index is 11.7. The van der Waals surface area contributed by atoms with Gasteiger partial charge >= 0.3 is 0 Å². The number of amides is 1. The molecule has 0 spiro atoms. The SMILES string of the molecule is CC(=O)N1CCC(=C2c3ccc(Cl)cc3CCc3c(Cl)ccnc32)CC1. The first-order chi connectivity index (χ1) is 12.5. The van der Waals surface area contributed by atoms with Gasteiger partial charge in [-0.1, -0.05) is 34.8 Å². The maximum atomic E-state index is 11.7. The molecule has 1 saturated heterocycles. The number of carbonyl (C=O) groups is 1. The standard InChI is InChI=1S/C21H20Cl2N2O/c1-13(26)25-10-7-14(8-11-25)20-17-5-3-16(22)12-15(17)2-4-18-19(23)6-9-24-21(18)20/h3,5-6,9,12H,2,4,7-8,10-11H2,1H3. The number of aromatic nitrogens is 1. The molecule has 4 rings (SSSR count). The number of halogens is 2. The Bertz CT molecular complexity index is 910. The summed E-state index contributed by atoms with van der Waals surface area (Å²) in [5, 5.41) is 1.53. The zero-order valence-electron chi connectivity index (χ0n) is 14.7. The molecule has 1 aromatic heterocycles. The van der Waals surface area contributed by atoms with Crippen LogP contribution in [0.15, 0.2) is 36.0 Å². The molecule has 0 N–H and O–H groups in total. The molecular formula is C21H20Cl2N2O. The number of carbonyl (C=O) groups excluding carboxylic acids is 1. The highest BCUT2D eigenvalue weighted by Crippen LogP contribution is 2.40. The number of aryl methyl sites for hydroxylation is 1. The molecule has 0 radical (unpaired) electrons. The van der Waals surface area contributed by atoms with Gasteiger partial charge in [0.05, 0.1) is 5.69 Å². The number of piperidine rings is 1. The lowest BCUT2D eigenvalue weighted by Gasteiger charge is -2.29. The summed E-state index contributed by atoms with van der Waals surface area (Å²) in [5.74, 6) is 0.142. The van der Waals surface area contributed by atoms with E-state index in [2.05, 4.69) is 12.1 Å². The van der Waals surface area contributed by atoms with Crippen molar-refractivity contribution in [3.63, 3.8) is 0 Å². The number of benzene rings is 1. The number of likely N-dealkylation sites (tertiary alicyclic amines) is 1. The molecule has 134 valence electrons. The van der Waals surface area contributed by atoms with E-state index in [4.69, 9.17) is 28.2 Å². The van der Waals surface area contributed by atoms with E-state index in [0.29, 0.717) is 0 Å². The van der Waals surface area contributed by atoms with Crippen molar-refractivity contribution in [2.24, 2.45) is 0 Å². The molecule has 1 aliphatic carbocycles. The molecule has 2 aromatic rings. The van der Waals surface area contributed by atoms with Crippen LogP contribution in [-0.2, 0) is 17.6 Å². The molecule has 1 aliphatic heterocycles. The van der Waals surface area contributed by atoms with E-state index in [1.165, 1.54) is 22.3 Å². The highest BCUT2D eigenvalue weighted by Gasteiger charge is 2.26. The van der Waals surface area contributed by atoms with Crippen LogP contribution < -0.4 is 0 Å². The van der Waals surface area contributed by atoms with Gasteiger partial charge in [0.15, 0.2) is 0 Å². The number of hydrogen-bond donors (Lipinski definition) is 0. The number of nitrogens with zero attached hydrogens (tertiary/aromatic N) is 2. The molecule has 2 heterocycles. The molecule has 1 fully saturated rings. The van der Waals surface area contributed by atoms with Gasteiger partial charge in [0.1, 0.15) is 0 Å². The van der Waals surface area contributed by atoms with Gasteiger partial charge < -0.3 is 4.90 Å². The van der Waals surface area contributed by atoms with E-state index >= 15 is 0 Å². The van der Waals surface area contributed by atoms with E-state index in [0.717, 1.165) is 60.1 Å². The van der Waals surface area contributed by atoms with Crippen molar-refractivity contribution in [2.75, 3.05) is 13.1 Å². The van der Waals surface area contributed by atoms with E-state index in [-0.39, 0.29) is 5.91 Å². The Morgan fingerprint density at radius 3 is 2.58 bits per heavy atom. The van der Waals surface area contributed by atoms with E-state index in [9.17, 15) is 4.79 Å². The summed E-state index contributed by atoms with van der Waals surface area (Å²) in [7, 11) is 0. The Labute approximate surface area is 163 Å². The fourth-order valence-electron chi connectivity index (χ4n) is 4.02. The highest BCUT2D eigenvalue weighted by atomic mass is 35.5. The van der Waals surface area contributed by atoms with Crippen LogP contribution in [0.5, 0.6) is 0 Å². The third-order valence-corrected chi connectivity index (χ3v) is 5.97. The monoisotopic (exact) mass is 386 g/mol. The third-order valence-electron chi connectivity index (χ3n) is 5.38. The summed E-state index contributed by atoms with van der Waals surface area (Å²) >= 11 is 12.8. The zero-order chi connectivity index (χ0) is 18.3. The van der Waals surface area contributed by atoms with Crippen molar-refractivity contribution in [3.8, 4) is 0 Å². The van der Waals surface area contributed by atoms with Crippen LogP contribution in [0, 0.1) is 0 Å². The lowest BCUT2D eigenvalue weighted by Crippen LogP contribution is -2.34. The topological polar surface area (TPSA) is 33.2 Å². The molecule has 5 heteroatoms. The summed E-state index contributed by atoms with van der Waals surface area (Å²) in [6.45, 7) is 3.15. The van der Waals surface area contributed by atoms with Crippen molar-refractivity contribution < 1.29 is 4.79 Å². The molecule has 3 nitrogen and oxygen atoms in total. The molecule has 1 amide bonds. The first-order valence-corrected chi connectivity index (χ1v) is 9.70. The second-order valence-electron chi connectivity index (χ2n) is 6.91. The Balaban J connectivity index is 1.89. The Kier molecular flexibility index (Phi) is 4.76. The molecule has 2 aliphatic rings. The van der Waals surface area contributed by atoms with E-state index < -0.39 is 0 Å². The number of pyridine rings is 1. The minimum Gasteiger partial charge on any atom is -0.342 e. The Hall–Kier alpha value is -1.84. The largest absolute Gasteiger partial charge is 0.342 e. The molecule has 0 atom stereocenters. The average molecular weight is 387 g/mol. The Morgan fingerprint density at radius 1 is 1.08 bits per heavy atom. The van der Waals surface area contributed by atoms with Crippen LogP contribution in [0.2, 0.25) is 10.0 Å². The van der Waals surface area contributed by atoms with Crippen molar-refractivity contribution >= 4 is 34.7 Å². The fraction of sp³-hybridized carbons (Fsp3) is 0.333. The van der Waals surface area contributed by atoms with Gasteiger partial charge in [-0.3, -0.25) is 9.78 Å². The molecular weight excluding hydrogens is 367 g/mol. The van der Waals surface area contributed by atoms with Crippen LogP contribution in [0.4, 0.5) is 0 Å². The second kappa shape index (κ2) is 7.05. The van der Waals surface area contributed by atoms with Gasteiger partial charge in [0.2, 0.25) is 5.91 Å². The zero-order valence-corrected chi connectivity index (χ0v) is 16.2. The first kappa shape index (κ1) is 17.6. The number of fused-ring (bicyclic) bond motifs is 2.